The molecular formula is C10H11N3. The van der Waals surface area contributed by atoms with E-state index >= 15 is 0 Å². The zero-order valence-corrected chi connectivity index (χ0v) is 7.73. The van der Waals surface area contributed by atoms with Gasteiger partial charge in [-0.3, -0.25) is 4.99 Å². The summed E-state index contributed by atoms with van der Waals surface area (Å²) in [4.78, 5) is 4.27. The first-order valence-electron chi connectivity index (χ1n) is 4.23. The Morgan fingerprint density at radius 1 is 1.31 bits per heavy atom. The highest BCUT2D eigenvalue weighted by Crippen LogP contribution is 2.18. The van der Waals surface area contributed by atoms with Crippen LogP contribution in [-0.2, 0) is 0 Å². The van der Waals surface area contributed by atoms with Gasteiger partial charge in [0.1, 0.15) is 5.35 Å². The molecule has 1 aliphatic heterocycles. The largest absolute Gasteiger partial charge is 0.255 e. The lowest BCUT2D eigenvalue weighted by atomic mass is 9.93. The minimum Gasteiger partial charge on any atom is -0.255 e. The fourth-order valence-electron chi connectivity index (χ4n) is 1.26. The van der Waals surface area contributed by atoms with Crippen LogP contribution >= 0.6 is 0 Å². The van der Waals surface area contributed by atoms with Crippen LogP contribution in [0.5, 0.6) is 0 Å². The van der Waals surface area contributed by atoms with E-state index in [4.69, 9.17) is 0 Å². The molecule has 1 aromatic heterocycles. The molecule has 0 saturated carbocycles. The van der Waals surface area contributed by atoms with Gasteiger partial charge in [0.15, 0.2) is 0 Å². The molecule has 0 amide bonds. The molecule has 2 rings (SSSR count). The molecule has 13 heavy (non-hydrogen) atoms. The summed E-state index contributed by atoms with van der Waals surface area (Å²) in [6.45, 7) is 4.23. The molecule has 1 aliphatic rings. The Bertz CT molecular complexity index is 457. The fraction of sp³-hybridized carbons (Fsp3) is 0.300. The molecule has 0 unspecified atom stereocenters. The molecule has 2 heterocycles. The molecule has 66 valence electrons. The van der Waals surface area contributed by atoms with E-state index < -0.39 is 0 Å². The number of fused-ring (bicyclic) bond motifs is 1. The maximum Gasteiger partial charge on any atom is 0.108 e. The smallest absolute Gasteiger partial charge is 0.108 e. The Morgan fingerprint density at radius 2 is 2.15 bits per heavy atom. The van der Waals surface area contributed by atoms with E-state index in [1.54, 1.807) is 6.20 Å². The summed E-state index contributed by atoms with van der Waals surface area (Å²) < 4.78 is 0. The summed E-state index contributed by atoms with van der Waals surface area (Å²) in [6, 6.07) is 1.87. The van der Waals surface area contributed by atoms with Crippen molar-refractivity contribution in [3.63, 3.8) is 0 Å². The first-order chi connectivity index (χ1) is 6.17. The van der Waals surface area contributed by atoms with Gasteiger partial charge in [0, 0.05) is 11.6 Å². The highest BCUT2D eigenvalue weighted by Gasteiger charge is 2.11. The average Bonchev–Trinajstić information content (AvgIpc) is 2.21. The quantitative estimate of drug-likeness (QED) is 0.570. The predicted molar refractivity (Wildman–Crippen MR) is 50.2 cm³/mol. The van der Waals surface area contributed by atoms with Crippen molar-refractivity contribution in [2.75, 3.05) is 0 Å². The zero-order valence-electron chi connectivity index (χ0n) is 7.73. The van der Waals surface area contributed by atoms with E-state index in [0.29, 0.717) is 0 Å². The van der Waals surface area contributed by atoms with Gasteiger partial charge in [0.05, 0.1) is 11.6 Å². The molecule has 0 atom stereocenters. The Labute approximate surface area is 76.5 Å². The number of hydrogen-bond donors (Lipinski definition) is 0. The molecule has 3 nitrogen and oxygen atoms in total. The minimum absolute atomic E-state index is 0.00475. The van der Waals surface area contributed by atoms with Crippen LogP contribution < -0.4 is 10.7 Å². The topological polar surface area (TPSA) is 38.1 Å². The molecule has 0 radical (unpaired) electrons. The summed E-state index contributed by atoms with van der Waals surface area (Å²) in [6.07, 6.45) is 7.60. The van der Waals surface area contributed by atoms with Gasteiger partial charge in [-0.05, 0) is 12.1 Å². The highest BCUT2D eigenvalue weighted by atomic mass is 15.1. The van der Waals surface area contributed by atoms with Gasteiger partial charge in [0.25, 0.3) is 0 Å². The Morgan fingerprint density at radius 3 is 3.00 bits per heavy atom. The molecule has 3 heteroatoms. The van der Waals surface area contributed by atoms with Gasteiger partial charge in [-0.25, -0.2) is 0 Å². The molecule has 0 N–H and O–H groups in total. The SMILES string of the molecule is CC1(C)C=CN=c2ccnnc2=C1. The second-order valence-electron chi connectivity index (χ2n) is 3.71. The van der Waals surface area contributed by atoms with Crippen LogP contribution in [0, 0.1) is 5.41 Å². The van der Waals surface area contributed by atoms with Crippen LogP contribution in [0.2, 0.25) is 0 Å². The average molecular weight is 173 g/mol. The van der Waals surface area contributed by atoms with Crippen molar-refractivity contribution in [3.8, 4) is 0 Å². The monoisotopic (exact) mass is 173 g/mol. The zero-order chi connectivity index (χ0) is 9.31. The lowest BCUT2D eigenvalue weighted by molar-refractivity contribution is 0.666. The molecule has 0 fully saturated rings. The van der Waals surface area contributed by atoms with Crippen LogP contribution in [0.4, 0.5) is 0 Å². The van der Waals surface area contributed by atoms with Crippen molar-refractivity contribution in [2.45, 2.75) is 13.8 Å². The summed E-state index contributed by atoms with van der Waals surface area (Å²) in [7, 11) is 0. The number of aromatic nitrogens is 2. The van der Waals surface area contributed by atoms with Crippen molar-refractivity contribution in [1.82, 2.24) is 10.2 Å². The molecule has 0 aromatic carbocycles. The van der Waals surface area contributed by atoms with Crippen molar-refractivity contribution in [3.05, 3.63) is 35.2 Å². The first-order valence-corrected chi connectivity index (χ1v) is 4.23. The number of nitrogens with zero attached hydrogens (tertiary/aromatic N) is 3. The lowest BCUT2D eigenvalue weighted by Crippen LogP contribution is -2.30. The second-order valence-corrected chi connectivity index (χ2v) is 3.71. The van der Waals surface area contributed by atoms with E-state index in [2.05, 4.69) is 41.2 Å². The minimum atomic E-state index is 0.00475. The first kappa shape index (κ1) is 8.10. The number of rotatable bonds is 0. The Hall–Kier alpha value is -1.51. The van der Waals surface area contributed by atoms with Crippen molar-refractivity contribution >= 4 is 6.08 Å². The van der Waals surface area contributed by atoms with Gasteiger partial charge in [0.2, 0.25) is 0 Å². The maximum atomic E-state index is 4.27. The van der Waals surface area contributed by atoms with E-state index in [0.717, 1.165) is 10.7 Å². The van der Waals surface area contributed by atoms with Crippen molar-refractivity contribution < 1.29 is 0 Å². The molecular weight excluding hydrogens is 162 g/mol. The number of allylic oxidation sites excluding steroid dienone is 1. The molecule has 0 aliphatic carbocycles. The summed E-state index contributed by atoms with van der Waals surface area (Å²) in [5.74, 6) is 0. The van der Waals surface area contributed by atoms with Crippen LogP contribution in [-0.4, -0.2) is 10.2 Å². The van der Waals surface area contributed by atoms with E-state index in [9.17, 15) is 0 Å². The lowest BCUT2D eigenvalue weighted by Gasteiger charge is -2.11. The normalized spacial score (nSPS) is 18.0. The highest BCUT2D eigenvalue weighted by molar-refractivity contribution is 5.33. The molecule has 0 bridgehead atoms. The van der Waals surface area contributed by atoms with Crippen LogP contribution in [0.3, 0.4) is 0 Å². The Balaban J connectivity index is 2.77. The fourth-order valence-corrected chi connectivity index (χ4v) is 1.26. The third kappa shape index (κ3) is 1.64. The summed E-state index contributed by atoms with van der Waals surface area (Å²) in [5.41, 5.74) is 0.00475. The van der Waals surface area contributed by atoms with E-state index in [-0.39, 0.29) is 5.41 Å². The predicted octanol–water partition coefficient (Wildman–Crippen LogP) is 0.430. The standard InChI is InChI=1S/C10H11N3/c1-10(2)4-6-11-8-3-5-12-13-9(8)7-10/h3-7H,1-2H3. The maximum absolute atomic E-state index is 4.27. The van der Waals surface area contributed by atoms with E-state index in [1.165, 1.54) is 0 Å². The van der Waals surface area contributed by atoms with Gasteiger partial charge in [-0.2, -0.15) is 5.10 Å². The van der Waals surface area contributed by atoms with E-state index in [1.807, 2.05) is 12.3 Å². The molecule has 1 aromatic rings. The third-order valence-corrected chi connectivity index (χ3v) is 1.95. The van der Waals surface area contributed by atoms with Gasteiger partial charge in [-0.1, -0.05) is 19.9 Å². The summed E-state index contributed by atoms with van der Waals surface area (Å²) in [5, 5.41) is 9.62. The summed E-state index contributed by atoms with van der Waals surface area (Å²) >= 11 is 0. The second kappa shape index (κ2) is 2.76. The Kier molecular flexibility index (Phi) is 1.72. The third-order valence-electron chi connectivity index (χ3n) is 1.95. The van der Waals surface area contributed by atoms with Gasteiger partial charge >= 0.3 is 0 Å². The van der Waals surface area contributed by atoms with Crippen LogP contribution in [0.15, 0.2) is 29.5 Å². The van der Waals surface area contributed by atoms with Gasteiger partial charge in [-0.15, -0.1) is 5.10 Å². The van der Waals surface area contributed by atoms with Crippen LogP contribution in [0.25, 0.3) is 6.08 Å². The van der Waals surface area contributed by atoms with Crippen LogP contribution in [0.1, 0.15) is 13.8 Å². The molecule has 0 spiro atoms. The van der Waals surface area contributed by atoms with Crippen molar-refractivity contribution in [1.29, 1.82) is 0 Å². The van der Waals surface area contributed by atoms with Gasteiger partial charge < -0.3 is 0 Å². The number of hydrogen-bond acceptors (Lipinski definition) is 3. The van der Waals surface area contributed by atoms with Crippen molar-refractivity contribution in [2.24, 2.45) is 10.4 Å². The molecule has 0 saturated heterocycles.